The molecule has 0 atom stereocenters. The standard InChI is InChI=1S/C21H21F3N4O2/c1-4-17(27(11-29)26-25)19-16-6-5-14(21(22,23)24)10-18(16)28(20(19)30)15-8-12(2)7-13(3)9-15/h5-11,26H,4,25H2,1-3H3/b19-17-. The number of rotatable bonds is 5. The lowest BCUT2D eigenvalue weighted by Crippen LogP contribution is -2.42. The molecule has 0 unspecified atom stereocenters. The average molecular weight is 418 g/mol. The molecule has 0 fully saturated rings. The molecule has 0 saturated carbocycles. The second-order valence-corrected chi connectivity index (χ2v) is 7.00. The van der Waals surface area contributed by atoms with E-state index >= 15 is 0 Å². The van der Waals surface area contributed by atoms with Gasteiger partial charge in [0.15, 0.2) is 0 Å². The van der Waals surface area contributed by atoms with Gasteiger partial charge in [0.05, 0.1) is 22.5 Å². The van der Waals surface area contributed by atoms with Crippen LogP contribution in [0, 0.1) is 13.8 Å². The largest absolute Gasteiger partial charge is 0.416 e. The van der Waals surface area contributed by atoms with Crippen molar-refractivity contribution >= 4 is 29.3 Å². The van der Waals surface area contributed by atoms with Crippen LogP contribution in [0.3, 0.4) is 0 Å². The van der Waals surface area contributed by atoms with Gasteiger partial charge >= 0.3 is 6.18 Å². The van der Waals surface area contributed by atoms with Crippen LogP contribution in [0.25, 0.3) is 5.57 Å². The fraction of sp³-hybridized carbons (Fsp3) is 0.238. The molecule has 1 heterocycles. The van der Waals surface area contributed by atoms with Crippen LogP contribution in [0.15, 0.2) is 42.1 Å². The molecule has 0 aliphatic carbocycles. The highest BCUT2D eigenvalue weighted by Gasteiger charge is 2.39. The lowest BCUT2D eigenvalue weighted by atomic mass is 10.0. The number of nitrogens with one attached hydrogen (secondary N) is 1. The number of nitrogens with zero attached hydrogens (tertiary/aromatic N) is 2. The number of hydrogen-bond acceptors (Lipinski definition) is 4. The summed E-state index contributed by atoms with van der Waals surface area (Å²) >= 11 is 0. The van der Waals surface area contributed by atoms with Crippen LogP contribution in [0.1, 0.15) is 35.6 Å². The monoisotopic (exact) mass is 418 g/mol. The smallest absolute Gasteiger partial charge is 0.277 e. The first-order valence-electron chi connectivity index (χ1n) is 9.20. The fourth-order valence-electron chi connectivity index (χ4n) is 3.70. The van der Waals surface area contributed by atoms with E-state index in [-0.39, 0.29) is 23.4 Å². The molecule has 1 aliphatic heterocycles. The zero-order valence-electron chi connectivity index (χ0n) is 16.7. The van der Waals surface area contributed by atoms with Crippen LogP contribution in [-0.2, 0) is 15.8 Å². The zero-order valence-corrected chi connectivity index (χ0v) is 16.7. The Labute approximate surface area is 171 Å². The van der Waals surface area contributed by atoms with Crippen LogP contribution in [0.4, 0.5) is 24.5 Å². The molecule has 158 valence electrons. The van der Waals surface area contributed by atoms with E-state index in [0.717, 1.165) is 28.3 Å². The summed E-state index contributed by atoms with van der Waals surface area (Å²) < 4.78 is 40.1. The van der Waals surface area contributed by atoms with Crippen molar-refractivity contribution in [2.24, 2.45) is 5.84 Å². The van der Waals surface area contributed by atoms with Gasteiger partial charge in [-0.05, 0) is 55.7 Å². The Morgan fingerprint density at radius 3 is 2.30 bits per heavy atom. The molecule has 3 rings (SSSR count). The third-order valence-electron chi connectivity index (χ3n) is 4.88. The minimum absolute atomic E-state index is 0.101. The Balaban J connectivity index is 2.34. The number of halogens is 3. The second kappa shape index (κ2) is 7.92. The van der Waals surface area contributed by atoms with Gasteiger partial charge < -0.3 is 0 Å². The van der Waals surface area contributed by atoms with E-state index in [0.29, 0.717) is 17.7 Å². The van der Waals surface area contributed by atoms with Crippen molar-refractivity contribution in [3.63, 3.8) is 0 Å². The lowest BCUT2D eigenvalue weighted by Gasteiger charge is -2.21. The summed E-state index contributed by atoms with van der Waals surface area (Å²) in [5.74, 6) is 4.86. The molecular formula is C21H21F3N4O2. The molecule has 2 aromatic carbocycles. The van der Waals surface area contributed by atoms with Gasteiger partial charge in [-0.25, -0.2) is 5.01 Å². The van der Waals surface area contributed by atoms with Gasteiger partial charge in [-0.2, -0.15) is 18.7 Å². The lowest BCUT2D eigenvalue weighted by molar-refractivity contribution is -0.137. The van der Waals surface area contributed by atoms with E-state index in [9.17, 15) is 22.8 Å². The number of anilines is 2. The van der Waals surface area contributed by atoms with Gasteiger partial charge in [0.1, 0.15) is 0 Å². The number of carbonyl (C=O) groups is 2. The summed E-state index contributed by atoms with van der Waals surface area (Å²) in [6.45, 7) is 5.39. The van der Waals surface area contributed by atoms with Crippen LogP contribution in [-0.4, -0.2) is 17.3 Å². The van der Waals surface area contributed by atoms with Gasteiger partial charge in [0.2, 0.25) is 6.41 Å². The van der Waals surface area contributed by atoms with Crippen LogP contribution in [0.2, 0.25) is 0 Å². The molecule has 1 aliphatic rings. The van der Waals surface area contributed by atoms with E-state index in [4.69, 9.17) is 5.84 Å². The van der Waals surface area contributed by atoms with E-state index in [1.807, 2.05) is 19.9 Å². The highest BCUT2D eigenvalue weighted by molar-refractivity contribution is 6.35. The van der Waals surface area contributed by atoms with Gasteiger partial charge in [-0.15, -0.1) is 0 Å². The van der Waals surface area contributed by atoms with Gasteiger partial charge in [-0.3, -0.25) is 20.3 Å². The first-order valence-corrected chi connectivity index (χ1v) is 9.20. The number of hydrogen-bond donors (Lipinski definition) is 2. The van der Waals surface area contributed by atoms with Crippen molar-refractivity contribution in [1.82, 2.24) is 10.5 Å². The molecule has 30 heavy (non-hydrogen) atoms. The molecule has 0 spiro atoms. The van der Waals surface area contributed by atoms with Crippen LogP contribution >= 0.6 is 0 Å². The number of benzene rings is 2. The van der Waals surface area contributed by atoms with Crippen molar-refractivity contribution < 1.29 is 22.8 Å². The van der Waals surface area contributed by atoms with Crippen LogP contribution < -0.4 is 16.3 Å². The summed E-state index contributed by atoms with van der Waals surface area (Å²) in [6.07, 6.45) is -3.92. The Morgan fingerprint density at radius 1 is 1.17 bits per heavy atom. The van der Waals surface area contributed by atoms with Crippen molar-refractivity contribution in [3.05, 3.63) is 64.3 Å². The Kier molecular flexibility index (Phi) is 5.69. The minimum Gasteiger partial charge on any atom is -0.277 e. The maximum absolute atomic E-state index is 13.5. The van der Waals surface area contributed by atoms with Gasteiger partial charge in [0.25, 0.3) is 5.91 Å². The molecule has 0 radical (unpaired) electrons. The van der Waals surface area contributed by atoms with Crippen molar-refractivity contribution in [2.45, 2.75) is 33.4 Å². The van der Waals surface area contributed by atoms with E-state index in [2.05, 4.69) is 5.53 Å². The third kappa shape index (κ3) is 3.69. The normalized spacial score (nSPS) is 15.3. The average Bonchev–Trinajstić information content (AvgIpc) is 2.95. The molecule has 0 aromatic heterocycles. The summed E-state index contributed by atoms with van der Waals surface area (Å²) in [6, 6.07) is 8.48. The highest BCUT2D eigenvalue weighted by atomic mass is 19.4. The predicted molar refractivity (Wildman–Crippen MR) is 107 cm³/mol. The number of fused-ring (bicyclic) bond motifs is 1. The molecule has 0 bridgehead atoms. The highest BCUT2D eigenvalue weighted by Crippen LogP contribution is 2.46. The quantitative estimate of drug-likeness (QED) is 0.334. The number of aryl methyl sites for hydroxylation is 2. The molecule has 3 N–H and O–H groups in total. The summed E-state index contributed by atoms with van der Waals surface area (Å²) in [4.78, 5) is 26.1. The number of nitrogens with two attached hydrogens (primary N) is 1. The molecule has 9 heteroatoms. The van der Waals surface area contributed by atoms with Gasteiger partial charge in [0, 0.05) is 11.3 Å². The molecule has 6 nitrogen and oxygen atoms in total. The van der Waals surface area contributed by atoms with E-state index in [1.165, 1.54) is 11.0 Å². The maximum Gasteiger partial charge on any atom is 0.416 e. The SMILES string of the molecule is CC/C(=C1/C(=O)N(c2cc(C)cc(C)c2)c2cc(C(F)(F)F)ccc21)N(C=O)NN. The maximum atomic E-state index is 13.5. The van der Waals surface area contributed by atoms with Gasteiger partial charge in [-0.1, -0.05) is 19.1 Å². The number of amides is 2. The summed E-state index contributed by atoms with van der Waals surface area (Å²) in [5.41, 5.74) is 4.26. The Bertz CT molecular complexity index is 1030. The molecule has 2 amide bonds. The van der Waals surface area contributed by atoms with E-state index in [1.54, 1.807) is 19.1 Å². The summed E-state index contributed by atoms with van der Waals surface area (Å²) in [5, 5.41) is 0.944. The molecule has 0 saturated heterocycles. The molecular weight excluding hydrogens is 397 g/mol. The van der Waals surface area contributed by atoms with E-state index < -0.39 is 17.6 Å². The van der Waals surface area contributed by atoms with Crippen LogP contribution in [0.5, 0.6) is 0 Å². The second-order valence-electron chi connectivity index (χ2n) is 7.00. The van der Waals surface area contributed by atoms with Crippen molar-refractivity contribution in [3.8, 4) is 0 Å². The first-order chi connectivity index (χ1) is 14.1. The number of carbonyl (C=O) groups excluding carboxylic acids is 2. The van der Waals surface area contributed by atoms with Crippen molar-refractivity contribution in [1.29, 1.82) is 0 Å². The number of hydrazine groups is 2. The fourth-order valence-corrected chi connectivity index (χ4v) is 3.70. The number of allylic oxidation sites excluding steroid dienone is 1. The first kappa shape index (κ1) is 21.5. The Morgan fingerprint density at radius 2 is 1.80 bits per heavy atom. The minimum atomic E-state index is -4.57. The topological polar surface area (TPSA) is 78.7 Å². The third-order valence-corrected chi connectivity index (χ3v) is 4.88. The predicted octanol–water partition coefficient (Wildman–Crippen LogP) is 3.96. The van der Waals surface area contributed by atoms with Crippen molar-refractivity contribution in [2.75, 3.05) is 4.90 Å². The zero-order chi connectivity index (χ0) is 22.2. The number of alkyl halides is 3. The molecule has 2 aromatic rings. The summed E-state index contributed by atoms with van der Waals surface area (Å²) in [7, 11) is 0. The Hall–Kier alpha value is -3.17.